The number of rotatable bonds is 3. The molecule has 0 aromatic heterocycles. The van der Waals surface area contributed by atoms with Crippen LogP contribution in [0.15, 0.2) is 24.3 Å². The first-order valence-electron chi connectivity index (χ1n) is 6.98. The van der Waals surface area contributed by atoms with E-state index in [4.69, 9.17) is 0 Å². The van der Waals surface area contributed by atoms with Gasteiger partial charge in [-0.15, -0.1) is 0 Å². The Hall–Kier alpha value is -0.820. The molecule has 94 valence electrons. The van der Waals surface area contributed by atoms with Crippen molar-refractivity contribution in [2.45, 2.75) is 58.5 Å². The second-order valence-electron chi connectivity index (χ2n) is 5.77. The topological polar surface area (TPSA) is 12.0 Å². The summed E-state index contributed by atoms with van der Waals surface area (Å²) < 4.78 is 0. The van der Waals surface area contributed by atoms with E-state index < -0.39 is 0 Å². The van der Waals surface area contributed by atoms with Gasteiger partial charge in [0.25, 0.3) is 0 Å². The van der Waals surface area contributed by atoms with E-state index in [1.165, 1.54) is 36.8 Å². The molecule has 0 amide bonds. The number of aryl methyl sites for hydroxylation is 1. The van der Waals surface area contributed by atoms with E-state index in [2.05, 4.69) is 50.4 Å². The minimum atomic E-state index is 0.477. The van der Waals surface area contributed by atoms with E-state index in [9.17, 15) is 0 Å². The van der Waals surface area contributed by atoms with Gasteiger partial charge in [-0.2, -0.15) is 0 Å². The fourth-order valence-electron chi connectivity index (χ4n) is 2.97. The van der Waals surface area contributed by atoms with Gasteiger partial charge in [-0.25, -0.2) is 0 Å². The highest BCUT2D eigenvalue weighted by atomic mass is 14.9. The summed E-state index contributed by atoms with van der Waals surface area (Å²) in [5.41, 5.74) is 2.77. The zero-order chi connectivity index (χ0) is 12.3. The normalized spacial score (nSPS) is 26.8. The van der Waals surface area contributed by atoms with Crippen LogP contribution in [-0.4, -0.2) is 6.04 Å². The average Bonchev–Trinajstić information content (AvgIpc) is 2.29. The summed E-state index contributed by atoms with van der Waals surface area (Å²) in [7, 11) is 0. The van der Waals surface area contributed by atoms with Crippen molar-refractivity contribution in [3.63, 3.8) is 0 Å². The minimum absolute atomic E-state index is 0.477. The average molecular weight is 231 g/mol. The Labute approximate surface area is 106 Å². The first-order chi connectivity index (χ1) is 8.15. The molecule has 1 aliphatic rings. The van der Waals surface area contributed by atoms with Gasteiger partial charge in [-0.1, -0.05) is 49.6 Å². The van der Waals surface area contributed by atoms with Crippen LogP contribution in [0, 0.1) is 12.8 Å². The largest absolute Gasteiger partial charge is 0.307 e. The summed E-state index contributed by atoms with van der Waals surface area (Å²) in [6, 6.07) is 10.0. The molecule has 1 aromatic carbocycles. The van der Waals surface area contributed by atoms with Crippen LogP contribution in [0.5, 0.6) is 0 Å². The van der Waals surface area contributed by atoms with Crippen LogP contribution in [0.25, 0.3) is 0 Å². The Morgan fingerprint density at radius 1 is 1.29 bits per heavy atom. The smallest absolute Gasteiger partial charge is 0.0294 e. The maximum atomic E-state index is 3.79. The molecule has 0 spiro atoms. The number of hydrogen-bond donors (Lipinski definition) is 1. The summed E-state index contributed by atoms with van der Waals surface area (Å²) >= 11 is 0. The molecule has 1 saturated carbocycles. The molecule has 0 aliphatic heterocycles. The monoisotopic (exact) mass is 231 g/mol. The summed E-state index contributed by atoms with van der Waals surface area (Å²) in [6.07, 6.45) is 5.49. The Bertz CT molecular complexity index is 358. The third-order valence-corrected chi connectivity index (χ3v) is 3.96. The van der Waals surface area contributed by atoms with E-state index in [0.717, 1.165) is 5.92 Å². The van der Waals surface area contributed by atoms with E-state index in [1.807, 2.05) is 0 Å². The maximum Gasteiger partial charge on any atom is 0.0294 e. The van der Waals surface area contributed by atoms with Crippen LogP contribution in [0.1, 0.15) is 56.7 Å². The summed E-state index contributed by atoms with van der Waals surface area (Å²) in [5.74, 6) is 0.894. The van der Waals surface area contributed by atoms with Gasteiger partial charge in [-0.05, 0) is 38.2 Å². The first-order valence-corrected chi connectivity index (χ1v) is 6.98. The molecule has 0 radical (unpaired) electrons. The second-order valence-corrected chi connectivity index (χ2v) is 5.77. The molecule has 3 atom stereocenters. The highest BCUT2D eigenvalue weighted by molar-refractivity contribution is 5.24. The van der Waals surface area contributed by atoms with Gasteiger partial charge in [0.1, 0.15) is 0 Å². The number of benzene rings is 1. The second kappa shape index (κ2) is 5.68. The van der Waals surface area contributed by atoms with Gasteiger partial charge in [0.2, 0.25) is 0 Å². The Kier molecular flexibility index (Phi) is 4.22. The van der Waals surface area contributed by atoms with Crippen molar-refractivity contribution >= 4 is 0 Å². The van der Waals surface area contributed by atoms with Gasteiger partial charge in [0.05, 0.1) is 0 Å². The first kappa shape index (κ1) is 12.6. The number of nitrogens with one attached hydrogen (secondary N) is 1. The minimum Gasteiger partial charge on any atom is -0.307 e. The summed E-state index contributed by atoms with van der Waals surface area (Å²) in [5, 5.41) is 3.79. The van der Waals surface area contributed by atoms with E-state index in [0.29, 0.717) is 12.1 Å². The van der Waals surface area contributed by atoms with E-state index >= 15 is 0 Å². The predicted octanol–water partition coefficient (Wildman–Crippen LogP) is 4.22. The Morgan fingerprint density at radius 3 is 2.82 bits per heavy atom. The summed E-state index contributed by atoms with van der Waals surface area (Å²) in [6.45, 7) is 6.83. The molecule has 1 heteroatoms. The van der Waals surface area contributed by atoms with Gasteiger partial charge in [0, 0.05) is 12.1 Å². The predicted molar refractivity (Wildman–Crippen MR) is 74.1 cm³/mol. The molecule has 0 saturated heterocycles. The van der Waals surface area contributed by atoms with Gasteiger partial charge >= 0.3 is 0 Å². The molecule has 1 N–H and O–H groups in total. The molecular weight excluding hydrogens is 206 g/mol. The van der Waals surface area contributed by atoms with E-state index in [1.54, 1.807) is 0 Å². The molecular formula is C16H25N. The van der Waals surface area contributed by atoms with Crippen LogP contribution < -0.4 is 5.32 Å². The molecule has 0 heterocycles. The lowest BCUT2D eigenvalue weighted by molar-refractivity contribution is 0.285. The third kappa shape index (κ3) is 3.57. The SMILES string of the molecule is Cc1cccc(C(C)NC2CCCC(C)C2)c1. The quantitative estimate of drug-likeness (QED) is 0.821. The fraction of sp³-hybridized carbons (Fsp3) is 0.625. The van der Waals surface area contributed by atoms with Crippen molar-refractivity contribution in [3.05, 3.63) is 35.4 Å². The zero-order valence-corrected chi connectivity index (χ0v) is 11.4. The molecule has 3 unspecified atom stereocenters. The molecule has 17 heavy (non-hydrogen) atoms. The van der Waals surface area contributed by atoms with Crippen molar-refractivity contribution in [2.24, 2.45) is 5.92 Å². The molecule has 0 bridgehead atoms. The molecule has 1 aromatic rings. The van der Waals surface area contributed by atoms with Crippen molar-refractivity contribution in [3.8, 4) is 0 Å². The van der Waals surface area contributed by atoms with Crippen LogP contribution in [-0.2, 0) is 0 Å². The molecule has 1 nitrogen and oxygen atoms in total. The highest BCUT2D eigenvalue weighted by Crippen LogP contribution is 2.25. The van der Waals surface area contributed by atoms with Gasteiger partial charge in [0.15, 0.2) is 0 Å². The van der Waals surface area contributed by atoms with Gasteiger partial charge < -0.3 is 5.32 Å². The Morgan fingerprint density at radius 2 is 2.12 bits per heavy atom. The molecule has 2 rings (SSSR count). The van der Waals surface area contributed by atoms with Crippen molar-refractivity contribution in [2.75, 3.05) is 0 Å². The number of hydrogen-bond acceptors (Lipinski definition) is 1. The fourth-order valence-corrected chi connectivity index (χ4v) is 2.97. The van der Waals surface area contributed by atoms with Crippen LogP contribution >= 0.6 is 0 Å². The van der Waals surface area contributed by atoms with E-state index in [-0.39, 0.29) is 0 Å². The molecule has 1 aliphatic carbocycles. The van der Waals surface area contributed by atoms with Crippen molar-refractivity contribution in [1.82, 2.24) is 5.32 Å². The maximum absolute atomic E-state index is 3.79. The zero-order valence-electron chi connectivity index (χ0n) is 11.4. The van der Waals surface area contributed by atoms with Crippen molar-refractivity contribution in [1.29, 1.82) is 0 Å². The molecule has 1 fully saturated rings. The van der Waals surface area contributed by atoms with Crippen LogP contribution in [0.3, 0.4) is 0 Å². The Balaban J connectivity index is 1.94. The lowest BCUT2D eigenvalue weighted by atomic mass is 9.86. The standard InChI is InChI=1S/C16H25N/c1-12-6-4-8-15(10-12)14(3)17-16-9-5-7-13(2)11-16/h4,6,8,10,13-14,16-17H,5,7,9,11H2,1-3H3. The third-order valence-electron chi connectivity index (χ3n) is 3.96. The highest BCUT2D eigenvalue weighted by Gasteiger charge is 2.20. The van der Waals surface area contributed by atoms with Crippen LogP contribution in [0.2, 0.25) is 0 Å². The van der Waals surface area contributed by atoms with Crippen molar-refractivity contribution < 1.29 is 0 Å². The lowest BCUT2D eigenvalue weighted by Crippen LogP contribution is -2.35. The lowest BCUT2D eigenvalue weighted by Gasteiger charge is -2.30. The van der Waals surface area contributed by atoms with Gasteiger partial charge in [-0.3, -0.25) is 0 Å². The van der Waals surface area contributed by atoms with Crippen LogP contribution in [0.4, 0.5) is 0 Å². The summed E-state index contributed by atoms with van der Waals surface area (Å²) in [4.78, 5) is 0.